The molecule has 3 nitrogen and oxygen atoms in total. The van der Waals surface area contributed by atoms with Gasteiger partial charge in [-0.3, -0.25) is 0 Å². The van der Waals surface area contributed by atoms with Crippen LogP contribution in [0.5, 0.6) is 0 Å². The highest BCUT2D eigenvalue weighted by atomic mass is 79.9. The van der Waals surface area contributed by atoms with Gasteiger partial charge in [-0.1, -0.05) is 184 Å². The highest BCUT2D eigenvalue weighted by Gasteiger charge is 2.43. The Kier molecular flexibility index (Phi) is 9.85. The van der Waals surface area contributed by atoms with Crippen LogP contribution in [0.4, 0.5) is 17.1 Å². The third-order valence-electron chi connectivity index (χ3n) is 14.0. The molecule has 0 amide bonds. The van der Waals surface area contributed by atoms with E-state index in [-0.39, 0.29) is 5.41 Å². The monoisotopic (exact) mass is 1000 g/mol. The number of fused-ring (bicyclic) bond motifs is 9. The summed E-state index contributed by atoms with van der Waals surface area (Å²) in [5.74, 6) is 0. The molecule has 68 heavy (non-hydrogen) atoms. The molecule has 12 aromatic rings. The first kappa shape index (κ1) is 40.8. The van der Waals surface area contributed by atoms with Crippen molar-refractivity contribution in [2.45, 2.75) is 18.3 Å². The second-order valence-electron chi connectivity index (χ2n) is 18.0. The zero-order valence-corrected chi connectivity index (χ0v) is 40.0. The van der Waals surface area contributed by atoms with Crippen molar-refractivity contribution < 1.29 is 8.83 Å². The van der Waals surface area contributed by atoms with Gasteiger partial charge in [0.1, 0.15) is 22.3 Å². The Morgan fingerprint density at radius 2 is 0.779 bits per heavy atom. The van der Waals surface area contributed by atoms with Crippen LogP contribution in [0.25, 0.3) is 77.3 Å². The van der Waals surface area contributed by atoms with Gasteiger partial charge >= 0.3 is 0 Å². The zero-order chi connectivity index (χ0) is 45.3. The maximum absolute atomic E-state index is 6.51. The van der Waals surface area contributed by atoms with Crippen molar-refractivity contribution >= 4 is 92.8 Å². The Morgan fingerprint density at radius 1 is 0.353 bits per heavy atom. The molecule has 2 aromatic heterocycles. The number of rotatable bonds is 9. The Labute approximate surface area is 411 Å². The summed E-state index contributed by atoms with van der Waals surface area (Å²) in [4.78, 5) is 2.41. The topological polar surface area (TPSA) is 29.5 Å². The van der Waals surface area contributed by atoms with Crippen LogP contribution in [0.15, 0.2) is 242 Å². The quantitative estimate of drug-likeness (QED) is 0.144. The van der Waals surface area contributed by atoms with Crippen LogP contribution in [-0.2, 0) is 18.3 Å². The number of hydrogen-bond acceptors (Lipinski definition) is 3. The molecule has 2 heterocycles. The van der Waals surface area contributed by atoms with Crippen molar-refractivity contribution in [1.82, 2.24) is 0 Å². The first-order valence-electron chi connectivity index (χ1n) is 23.0. The Bertz CT molecular complexity index is 3660. The first-order valence-corrected chi connectivity index (χ1v) is 24.6. The van der Waals surface area contributed by atoms with Crippen molar-refractivity contribution in [3.05, 3.63) is 256 Å². The van der Waals surface area contributed by atoms with Gasteiger partial charge in [0.05, 0.1) is 0 Å². The number of halogens is 2. The molecule has 0 N–H and O–H groups in total. The van der Waals surface area contributed by atoms with Crippen LogP contribution in [0.2, 0.25) is 0 Å². The van der Waals surface area contributed by atoms with Gasteiger partial charge in [0.15, 0.2) is 0 Å². The average Bonchev–Trinajstić information content (AvgIpc) is 4.04. The zero-order valence-electron chi connectivity index (χ0n) is 36.8. The van der Waals surface area contributed by atoms with E-state index in [0.717, 1.165) is 105 Å². The molecule has 0 aliphatic heterocycles. The second kappa shape index (κ2) is 16.4. The third-order valence-corrected chi connectivity index (χ3v) is 15.1. The molecule has 13 rings (SSSR count). The van der Waals surface area contributed by atoms with Crippen molar-refractivity contribution in [2.75, 3.05) is 4.90 Å². The summed E-state index contributed by atoms with van der Waals surface area (Å²) < 4.78 is 15.2. The number of para-hydroxylation sites is 4. The standard InChI is InChI=1S/C63H41Br2NO2/c64-44-27-19-40(20-28-44)38-63(39-41-21-29-45(65)30-22-41)57-16-4-1-9-51(57)52-36-35-48(37-58(52)63)66(46-31-23-42(24-32-46)49-12-7-14-55-53-10-2-5-17-59(53)67-61(49)55)47-33-25-43(26-34-47)50-13-8-15-56-54-11-3-6-18-60(54)68-62(50)56/h1-37H,38-39H2. The van der Waals surface area contributed by atoms with E-state index < -0.39 is 0 Å². The molecule has 1 aliphatic carbocycles. The summed E-state index contributed by atoms with van der Waals surface area (Å²) in [7, 11) is 0. The van der Waals surface area contributed by atoms with Gasteiger partial charge in [-0.2, -0.15) is 0 Å². The SMILES string of the molecule is Brc1ccc(CC2(Cc3ccc(Br)cc3)c3ccccc3-c3ccc(N(c4ccc(-c5cccc6c5oc5ccccc56)cc4)c4ccc(-c5cccc6c5oc5ccccc56)cc4)cc32)cc1. The minimum Gasteiger partial charge on any atom is -0.455 e. The second-order valence-corrected chi connectivity index (χ2v) is 19.8. The van der Waals surface area contributed by atoms with Crippen LogP contribution >= 0.6 is 31.9 Å². The van der Waals surface area contributed by atoms with Crippen LogP contribution < -0.4 is 4.90 Å². The molecule has 0 radical (unpaired) electrons. The lowest BCUT2D eigenvalue weighted by Crippen LogP contribution is -2.31. The van der Waals surface area contributed by atoms with Gasteiger partial charge in [-0.25, -0.2) is 0 Å². The Morgan fingerprint density at radius 3 is 1.31 bits per heavy atom. The van der Waals surface area contributed by atoms with E-state index in [9.17, 15) is 0 Å². The lowest BCUT2D eigenvalue weighted by atomic mass is 9.69. The van der Waals surface area contributed by atoms with Crippen LogP contribution in [-0.4, -0.2) is 0 Å². The summed E-state index contributed by atoms with van der Waals surface area (Å²) in [6, 6.07) is 81.3. The summed E-state index contributed by atoms with van der Waals surface area (Å²) >= 11 is 7.41. The molecule has 0 unspecified atom stereocenters. The molecule has 10 aromatic carbocycles. The first-order chi connectivity index (χ1) is 33.5. The number of anilines is 3. The smallest absolute Gasteiger partial charge is 0.143 e. The summed E-state index contributed by atoms with van der Waals surface area (Å²) in [6.07, 6.45) is 1.68. The largest absolute Gasteiger partial charge is 0.455 e. The van der Waals surface area contributed by atoms with E-state index in [0.29, 0.717) is 0 Å². The van der Waals surface area contributed by atoms with Gasteiger partial charge in [0.25, 0.3) is 0 Å². The fraction of sp³-hybridized carbons (Fsp3) is 0.0476. The van der Waals surface area contributed by atoms with Crippen LogP contribution in [0.1, 0.15) is 22.3 Å². The highest BCUT2D eigenvalue weighted by Crippen LogP contribution is 2.54. The van der Waals surface area contributed by atoms with E-state index >= 15 is 0 Å². The molecule has 0 saturated carbocycles. The van der Waals surface area contributed by atoms with Crippen molar-refractivity contribution in [3.8, 4) is 33.4 Å². The van der Waals surface area contributed by atoms with Crippen molar-refractivity contribution in [1.29, 1.82) is 0 Å². The molecule has 1 aliphatic rings. The van der Waals surface area contributed by atoms with E-state index in [1.165, 1.54) is 33.4 Å². The molecule has 5 heteroatoms. The van der Waals surface area contributed by atoms with Crippen molar-refractivity contribution in [3.63, 3.8) is 0 Å². The van der Waals surface area contributed by atoms with Gasteiger partial charge in [0, 0.05) is 64.1 Å². The van der Waals surface area contributed by atoms with E-state index in [1.54, 1.807) is 0 Å². The van der Waals surface area contributed by atoms with Gasteiger partial charge in [0.2, 0.25) is 0 Å². The molecule has 0 saturated heterocycles. The van der Waals surface area contributed by atoms with Crippen LogP contribution in [0, 0.1) is 0 Å². The normalized spacial score (nSPS) is 12.8. The van der Waals surface area contributed by atoms with Gasteiger partial charge in [-0.15, -0.1) is 0 Å². The maximum Gasteiger partial charge on any atom is 0.143 e. The fourth-order valence-corrected chi connectivity index (χ4v) is 11.4. The summed E-state index contributed by atoms with van der Waals surface area (Å²) in [5, 5.41) is 4.50. The minimum absolute atomic E-state index is 0.348. The Hall–Kier alpha value is -7.44. The summed E-state index contributed by atoms with van der Waals surface area (Å²) in [6.45, 7) is 0. The molecular weight excluding hydrogens is 963 g/mol. The third kappa shape index (κ3) is 6.83. The lowest BCUT2D eigenvalue weighted by Gasteiger charge is -2.34. The fourth-order valence-electron chi connectivity index (χ4n) is 10.9. The van der Waals surface area contributed by atoms with Crippen LogP contribution in [0.3, 0.4) is 0 Å². The minimum atomic E-state index is -0.348. The Balaban J connectivity index is 0.977. The van der Waals surface area contributed by atoms with E-state index in [4.69, 9.17) is 8.83 Å². The lowest BCUT2D eigenvalue weighted by molar-refractivity contribution is 0.520. The molecular formula is C63H41Br2NO2. The molecule has 0 bridgehead atoms. The highest BCUT2D eigenvalue weighted by molar-refractivity contribution is 9.10. The molecule has 324 valence electrons. The van der Waals surface area contributed by atoms with Crippen molar-refractivity contribution in [2.24, 2.45) is 0 Å². The number of nitrogens with zero attached hydrogens (tertiary/aromatic N) is 1. The van der Waals surface area contributed by atoms with E-state index in [2.05, 4.69) is 237 Å². The average molecular weight is 1000 g/mol. The molecule has 0 atom stereocenters. The van der Waals surface area contributed by atoms with Gasteiger partial charge in [-0.05, 0) is 130 Å². The molecule has 0 fully saturated rings. The predicted molar refractivity (Wildman–Crippen MR) is 288 cm³/mol. The number of hydrogen-bond donors (Lipinski definition) is 0. The number of furan rings is 2. The van der Waals surface area contributed by atoms with Gasteiger partial charge < -0.3 is 13.7 Å². The summed E-state index contributed by atoms with van der Waals surface area (Å²) in [5.41, 5.74) is 18.6. The maximum atomic E-state index is 6.51. The van der Waals surface area contributed by atoms with E-state index in [1.807, 2.05) is 24.3 Å². The predicted octanol–water partition coefficient (Wildman–Crippen LogP) is 18.6. The number of benzene rings is 10. The molecule has 0 spiro atoms.